The zero-order chi connectivity index (χ0) is 11.4. The van der Waals surface area contributed by atoms with Gasteiger partial charge < -0.3 is 14.9 Å². The van der Waals surface area contributed by atoms with Crippen molar-refractivity contribution < 1.29 is 19.7 Å². The molecule has 0 saturated carbocycles. The molecule has 4 atom stereocenters. The Labute approximate surface area is 90.2 Å². The lowest BCUT2D eigenvalue weighted by Gasteiger charge is -2.18. The summed E-state index contributed by atoms with van der Waals surface area (Å²) in [6.07, 6.45) is 2.52. The van der Waals surface area contributed by atoms with Crippen LogP contribution in [0.2, 0.25) is 0 Å². The van der Waals surface area contributed by atoms with Gasteiger partial charge in [-0.25, -0.2) is 0 Å². The van der Waals surface area contributed by atoms with Gasteiger partial charge >= 0.3 is 5.97 Å². The van der Waals surface area contributed by atoms with Crippen molar-refractivity contribution in [1.82, 2.24) is 0 Å². The van der Waals surface area contributed by atoms with Crippen LogP contribution in [-0.2, 0) is 9.53 Å². The summed E-state index contributed by atoms with van der Waals surface area (Å²) in [5.41, 5.74) is 0. The first-order chi connectivity index (χ1) is 7.04. The Bertz CT molecular complexity index is 217. The molecule has 4 heteroatoms. The third-order valence-electron chi connectivity index (χ3n) is 3.09. The zero-order valence-corrected chi connectivity index (χ0v) is 9.35. The quantitative estimate of drug-likeness (QED) is 0.729. The molecule has 0 aliphatic carbocycles. The highest BCUT2D eigenvalue weighted by atomic mass is 16.5. The number of carboxylic acid groups (broad SMARTS) is 1. The molecule has 1 saturated heterocycles. The second-order valence-corrected chi connectivity index (χ2v) is 4.30. The van der Waals surface area contributed by atoms with Crippen molar-refractivity contribution in [3.8, 4) is 0 Å². The Balaban J connectivity index is 2.35. The van der Waals surface area contributed by atoms with Crippen LogP contribution < -0.4 is 0 Å². The van der Waals surface area contributed by atoms with Crippen molar-refractivity contribution in [1.29, 1.82) is 0 Å². The highest BCUT2D eigenvalue weighted by molar-refractivity contribution is 5.70. The summed E-state index contributed by atoms with van der Waals surface area (Å²) in [7, 11) is 0. The van der Waals surface area contributed by atoms with Crippen molar-refractivity contribution in [2.75, 3.05) is 0 Å². The maximum absolute atomic E-state index is 10.7. The highest BCUT2D eigenvalue weighted by Crippen LogP contribution is 2.28. The van der Waals surface area contributed by atoms with Crippen LogP contribution in [0.3, 0.4) is 0 Å². The highest BCUT2D eigenvalue weighted by Gasteiger charge is 2.33. The minimum Gasteiger partial charge on any atom is -0.481 e. The molecular weight excluding hydrogens is 196 g/mol. The molecular formula is C11H20O4. The average molecular weight is 216 g/mol. The van der Waals surface area contributed by atoms with Gasteiger partial charge in [-0.1, -0.05) is 6.92 Å². The van der Waals surface area contributed by atoms with Gasteiger partial charge in [-0.2, -0.15) is 0 Å². The van der Waals surface area contributed by atoms with Gasteiger partial charge in [0, 0.05) is 0 Å². The van der Waals surface area contributed by atoms with Gasteiger partial charge in [-0.05, 0) is 32.6 Å². The molecule has 1 rings (SSSR count). The maximum Gasteiger partial charge on any atom is 0.308 e. The lowest BCUT2D eigenvalue weighted by Crippen LogP contribution is -2.26. The number of rotatable bonds is 5. The number of carboxylic acids is 1. The number of aliphatic hydroxyl groups excluding tert-OH is 1. The number of hydrogen-bond donors (Lipinski definition) is 2. The molecule has 2 N–H and O–H groups in total. The monoisotopic (exact) mass is 216 g/mol. The van der Waals surface area contributed by atoms with Crippen LogP contribution in [0.25, 0.3) is 0 Å². The summed E-state index contributed by atoms with van der Waals surface area (Å²) < 4.78 is 5.62. The molecule has 0 amide bonds. The molecule has 88 valence electrons. The third-order valence-corrected chi connectivity index (χ3v) is 3.09. The zero-order valence-electron chi connectivity index (χ0n) is 9.35. The Hall–Kier alpha value is -0.610. The van der Waals surface area contributed by atoms with Gasteiger partial charge in [0.25, 0.3) is 0 Å². The van der Waals surface area contributed by atoms with Crippen molar-refractivity contribution in [3.63, 3.8) is 0 Å². The standard InChI is InChI=1S/C11H20O4/c1-3-8(12)6-9-4-5-10(15-9)7(2)11(13)14/h7-10,12H,3-6H2,1-2H3,(H,13,14)/t7-,8+,9+,10-/m1/s1. The van der Waals surface area contributed by atoms with Crippen molar-refractivity contribution >= 4 is 5.97 Å². The maximum atomic E-state index is 10.7. The van der Waals surface area contributed by atoms with E-state index < -0.39 is 11.9 Å². The Morgan fingerprint density at radius 2 is 2.20 bits per heavy atom. The SMILES string of the molecule is CC[C@H](O)C[C@@H]1CC[C@H]([C@@H](C)C(=O)O)O1. The first-order valence-corrected chi connectivity index (χ1v) is 5.61. The fourth-order valence-corrected chi connectivity index (χ4v) is 1.90. The van der Waals surface area contributed by atoms with Gasteiger partial charge in [-0.3, -0.25) is 4.79 Å². The second-order valence-electron chi connectivity index (χ2n) is 4.30. The van der Waals surface area contributed by atoms with Crippen molar-refractivity contribution in [2.24, 2.45) is 5.92 Å². The van der Waals surface area contributed by atoms with Gasteiger partial charge in [-0.15, -0.1) is 0 Å². The molecule has 0 radical (unpaired) electrons. The molecule has 1 aliphatic heterocycles. The lowest BCUT2D eigenvalue weighted by atomic mass is 10.0. The molecule has 4 nitrogen and oxygen atoms in total. The number of aliphatic hydroxyl groups is 1. The molecule has 1 heterocycles. The largest absolute Gasteiger partial charge is 0.481 e. The fraction of sp³-hybridized carbons (Fsp3) is 0.909. The topological polar surface area (TPSA) is 66.8 Å². The Morgan fingerprint density at radius 1 is 1.53 bits per heavy atom. The molecule has 0 spiro atoms. The molecule has 0 unspecified atom stereocenters. The van der Waals surface area contributed by atoms with Crippen molar-refractivity contribution in [3.05, 3.63) is 0 Å². The van der Waals surface area contributed by atoms with E-state index in [2.05, 4.69) is 0 Å². The van der Waals surface area contributed by atoms with Crippen molar-refractivity contribution in [2.45, 2.75) is 57.8 Å². The summed E-state index contributed by atoms with van der Waals surface area (Å²) in [5, 5.41) is 18.3. The lowest BCUT2D eigenvalue weighted by molar-refractivity contribution is -0.146. The molecule has 0 aromatic rings. The van der Waals surface area contributed by atoms with Crippen LogP contribution in [0.1, 0.15) is 39.5 Å². The average Bonchev–Trinajstić information content (AvgIpc) is 2.64. The predicted molar refractivity (Wildman–Crippen MR) is 55.6 cm³/mol. The molecule has 15 heavy (non-hydrogen) atoms. The van der Waals surface area contributed by atoms with Gasteiger partial charge in [0.2, 0.25) is 0 Å². The predicted octanol–water partition coefficient (Wildman–Crippen LogP) is 1.42. The Morgan fingerprint density at radius 3 is 2.73 bits per heavy atom. The van der Waals surface area contributed by atoms with E-state index in [1.165, 1.54) is 0 Å². The normalized spacial score (nSPS) is 30.1. The minimum atomic E-state index is -0.809. The second kappa shape index (κ2) is 5.47. The smallest absolute Gasteiger partial charge is 0.308 e. The van der Waals surface area contributed by atoms with E-state index in [1.807, 2.05) is 6.92 Å². The van der Waals surface area contributed by atoms with Crippen LogP contribution in [0.15, 0.2) is 0 Å². The van der Waals surface area contributed by atoms with E-state index in [-0.39, 0.29) is 18.3 Å². The fourth-order valence-electron chi connectivity index (χ4n) is 1.90. The van der Waals surface area contributed by atoms with Crippen LogP contribution in [0.5, 0.6) is 0 Å². The third kappa shape index (κ3) is 3.47. The number of carbonyl (C=O) groups is 1. The minimum absolute atomic E-state index is 0.0340. The first-order valence-electron chi connectivity index (χ1n) is 5.61. The van der Waals surface area contributed by atoms with Crippen LogP contribution in [0.4, 0.5) is 0 Å². The summed E-state index contributed by atoms with van der Waals surface area (Å²) in [4.78, 5) is 10.7. The van der Waals surface area contributed by atoms with E-state index in [0.717, 1.165) is 19.3 Å². The van der Waals surface area contributed by atoms with E-state index in [0.29, 0.717) is 6.42 Å². The first kappa shape index (κ1) is 12.5. The van der Waals surface area contributed by atoms with Gasteiger partial charge in [0.15, 0.2) is 0 Å². The molecule has 1 fully saturated rings. The van der Waals surface area contributed by atoms with E-state index in [9.17, 15) is 9.90 Å². The van der Waals surface area contributed by atoms with Crippen LogP contribution in [0, 0.1) is 5.92 Å². The molecule has 0 aromatic carbocycles. The number of ether oxygens (including phenoxy) is 1. The van der Waals surface area contributed by atoms with Gasteiger partial charge in [0.1, 0.15) is 0 Å². The summed E-state index contributed by atoms with van der Waals surface area (Å²) >= 11 is 0. The number of hydrogen-bond acceptors (Lipinski definition) is 3. The van der Waals surface area contributed by atoms with E-state index >= 15 is 0 Å². The number of aliphatic carboxylic acids is 1. The summed E-state index contributed by atoms with van der Waals surface area (Å²) in [6, 6.07) is 0. The summed E-state index contributed by atoms with van der Waals surface area (Å²) in [6.45, 7) is 3.60. The molecule has 1 aliphatic rings. The van der Waals surface area contributed by atoms with Crippen LogP contribution >= 0.6 is 0 Å². The van der Waals surface area contributed by atoms with E-state index in [4.69, 9.17) is 9.84 Å². The Kier molecular flexibility index (Phi) is 4.54. The molecule has 0 aromatic heterocycles. The van der Waals surface area contributed by atoms with Crippen LogP contribution in [-0.4, -0.2) is 34.5 Å². The van der Waals surface area contributed by atoms with Gasteiger partial charge in [0.05, 0.1) is 24.2 Å². The van der Waals surface area contributed by atoms with E-state index in [1.54, 1.807) is 6.92 Å². The summed E-state index contributed by atoms with van der Waals surface area (Å²) in [5.74, 6) is -1.26. The molecule has 0 bridgehead atoms.